The van der Waals surface area contributed by atoms with Gasteiger partial charge in [-0.1, -0.05) is 118 Å². The van der Waals surface area contributed by atoms with E-state index in [0.717, 1.165) is 64.3 Å². The van der Waals surface area contributed by atoms with Crippen LogP contribution in [0.25, 0.3) is 21.9 Å². The molecule has 0 heterocycles. The second kappa shape index (κ2) is 10.4. The van der Waals surface area contributed by atoms with Crippen molar-refractivity contribution in [3.05, 3.63) is 142 Å². The first kappa shape index (κ1) is 26.0. The van der Waals surface area contributed by atoms with Crippen molar-refractivity contribution in [1.29, 1.82) is 5.41 Å². The highest BCUT2D eigenvalue weighted by Crippen LogP contribution is 2.54. The summed E-state index contributed by atoms with van der Waals surface area (Å²) in [6.07, 6.45) is 4.10. The lowest BCUT2D eigenvalue weighted by atomic mass is 9.71. The van der Waals surface area contributed by atoms with Crippen LogP contribution >= 0.6 is 0 Å². The molecule has 5 aromatic rings. The number of nitrogens with one attached hydrogen (secondary N) is 1. The molecule has 0 spiro atoms. The molecule has 5 aromatic carbocycles. The smallest absolute Gasteiger partial charge is 0.193 e. The van der Waals surface area contributed by atoms with E-state index in [1.807, 2.05) is 54.6 Å². The van der Waals surface area contributed by atoms with E-state index in [1.165, 1.54) is 22.3 Å². The van der Waals surface area contributed by atoms with Crippen LogP contribution in [0.5, 0.6) is 0 Å². The molecule has 0 bridgehead atoms. The largest absolute Gasteiger partial charge is 0.300 e. The number of carbonyl (C=O) groups excluding carboxylic acids is 1. The van der Waals surface area contributed by atoms with Gasteiger partial charge in [-0.25, -0.2) is 0 Å². The van der Waals surface area contributed by atoms with Crippen molar-refractivity contribution in [2.45, 2.75) is 51.9 Å². The summed E-state index contributed by atoms with van der Waals surface area (Å²) in [6.45, 7) is 6.57. The van der Waals surface area contributed by atoms with Gasteiger partial charge in [-0.05, 0) is 70.5 Å². The van der Waals surface area contributed by atoms with Gasteiger partial charge in [-0.2, -0.15) is 0 Å². The third kappa shape index (κ3) is 4.10. The highest BCUT2D eigenvalue weighted by atomic mass is 16.1. The molecule has 0 saturated carbocycles. The summed E-state index contributed by atoms with van der Waals surface area (Å²) in [4.78, 5) is 14.0. The molecule has 0 aromatic heterocycles. The number of hydrogen-bond acceptors (Lipinski definition) is 2. The van der Waals surface area contributed by atoms with E-state index in [2.05, 4.69) is 69.3 Å². The molecule has 6 rings (SSSR count). The summed E-state index contributed by atoms with van der Waals surface area (Å²) < 4.78 is 0. The zero-order valence-corrected chi connectivity index (χ0v) is 23.6. The highest BCUT2D eigenvalue weighted by Gasteiger charge is 2.42. The molecule has 0 saturated heterocycles. The Bertz CT molecular complexity index is 1770. The molecule has 0 fully saturated rings. The maximum Gasteiger partial charge on any atom is 0.193 e. The topological polar surface area (TPSA) is 40.9 Å². The Hall–Kier alpha value is -4.30. The lowest BCUT2D eigenvalue weighted by Crippen LogP contribution is -2.25. The Morgan fingerprint density at radius 2 is 1.25 bits per heavy atom. The molecule has 40 heavy (non-hydrogen) atoms. The van der Waals surface area contributed by atoms with E-state index in [9.17, 15) is 4.79 Å². The van der Waals surface area contributed by atoms with Gasteiger partial charge in [0, 0.05) is 27.7 Å². The molecule has 0 radical (unpaired) electrons. The Kier molecular flexibility index (Phi) is 6.72. The normalized spacial score (nSPS) is 13.2. The minimum Gasteiger partial charge on any atom is -0.300 e. The fourth-order valence-corrected chi connectivity index (χ4v) is 6.90. The van der Waals surface area contributed by atoms with Crippen LogP contribution in [0, 0.1) is 12.3 Å². The highest BCUT2D eigenvalue weighted by molar-refractivity contribution is 6.17. The zero-order chi connectivity index (χ0) is 27.9. The second-order valence-corrected chi connectivity index (χ2v) is 11.1. The predicted molar refractivity (Wildman–Crippen MR) is 167 cm³/mol. The average Bonchev–Trinajstić information content (AvgIpc) is 3.25. The Morgan fingerprint density at radius 3 is 1.95 bits per heavy atom. The first-order chi connectivity index (χ1) is 19.5. The minimum absolute atomic E-state index is 0.0690. The molecule has 1 aliphatic carbocycles. The summed E-state index contributed by atoms with van der Waals surface area (Å²) >= 11 is 0. The van der Waals surface area contributed by atoms with Crippen LogP contribution in [-0.2, 0) is 5.41 Å². The van der Waals surface area contributed by atoms with Crippen LogP contribution < -0.4 is 0 Å². The van der Waals surface area contributed by atoms with Crippen LogP contribution in [0.4, 0.5) is 0 Å². The minimum atomic E-state index is -0.175. The number of ketones is 1. The van der Waals surface area contributed by atoms with Crippen LogP contribution in [0.2, 0.25) is 0 Å². The van der Waals surface area contributed by atoms with Crippen LogP contribution in [0.1, 0.15) is 83.3 Å². The van der Waals surface area contributed by atoms with Gasteiger partial charge >= 0.3 is 0 Å². The van der Waals surface area contributed by atoms with Crippen LogP contribution in [-0.4, -0.2) is 11.5 Å². The van der Waals surface area contributed by atoms with Gasteiger partial charge in [0.25, 0.3) is 0 Å². The average molecular weight is 522 g/mol. The summed E-state index contributed by atoms with van der Waals surface area (Å²) in [5.41, 5.74) is 9.93. The van der Waals surface area contributed by atoms with Crippen molar-refractivity contribution >= 4 is 22.3 Å². The molecule has 1 aliphatic rings. The van der Waals surface area contributed by atoms with E-state index in [-0.39, 0.29) is 11.2 Å². The third-order valence-corrected chi connectivity index (χ3v) is 8.71. The third-order valence-electron chi connectivity index (χ3n) is 8.71. The van der Waals surface area contributed by atoms with E-state index in [4.69, 9.17) is 5.41 Å². The fourth-order valence-electron chi connectivity index (χ4n) is 6.90. The van der Waals surface area contributed by atoms with Crippen molar-refractivity contribution < 1.29 is 4.79 Å². The SMILES string of the molecule is CCCC1(CCC)c2cc(C(=N)c3ccccc3C)ccc2-c2ccc(C(=O)c3cccc4ccccc34)cc21. The monoisotopic (exact) mass is 521 g/mol. The maximum atomic E-state index is 14.0. The van der Waals surface area contributed by atoms with Crippen molar-refractivity contribution in [2.24, 2.45) is 0 Å². The van der Waals surface area contributed by atoms with E-state index in [1.54, 1.807) is 0 Å². The maximum absolute atomic E-state index is 14.0. The fraction of sp³-hybridized carbons (Fsp3) is 0.211. The Morgan fingerprint density at radius 1 is 0.675 bits per heavy atom. The number of rotatable bonds is 8. The molecule has 2 nitrogen and oxygen atoms in total. The summed E-state index contributed by atoms with van der Waals surface area (Å²) in [7, 11) is 0. The Balaban J connectivity index is 1.49. The summed E-state index contributed by atoms with van der Waals surface area (Å²) in [6, 6.07) is 35.1. The van der Waals surface area contributed by atoms with Crippen molar-refractivity contribution in [3.63, 3.8) is 0 Å². The predicted octanol–water partition coefficient (Wildman–Crippen LogP) is 9.66. The number of carbonyl (C=O) groups is 1. The van der Waals surface area contributed by atoms with Gasteiger partial charge in [-0.15, -0.1) is 0 Å². The summed E-state index contributed by atoms with van der Waals surface area (Å²) in [5, 5.41) is 11.1. The van der Waals surface area contributed by atoms with Gasteiger partial charge in [0.1, 0.15) is 0 Å². The van der Waals surface area contributed by atoms with E-state index >= 15 is 0 Å². The van der Waals surface area contributed by atoms with Crippen molar-refractivity contribution in [2.75, 3.05) is 0 Å². The van der Waals surface area contributed by atoms with E-state index < -0.39 is 0 Å². The van der Waals surface area contributed by atoms with Crippen LogP contribution in [0.3, 0.4) is 0 Å². The molecule has 2 heteroatoms. The van der Waals surface area contributed by atoms with Gasteiger partial charge in [0.05, 0.1) is 5.71 Å². The number of hydrogen-bond donors (Lipinski definition) is 1. The first-order valence-electron chi connectivity index (χ1n) is 14.5. The first-order valence-corrected chi connectivity index (χ1v) is 14.5. The molecule has 0 unspecified atom stereocenters. The van der Waals surface area contributed by atoms with Crippen molar-refractivity contribution in [1.82, 2.24) is 0 Å². The number of benzene rings is 5. The number of fused-ring (bicyclic) bond motifs is 4. The molecule has 1 N–H and O–H groups in total. The lowest BCUT2D eigenvalue weighted by Gasteiger charge is -2.32. The quantitative estimate of drug-likeness (QED) is 0.160. The number of aryl methyl sites for hydroxylation is 1. The van der Waals surface area contributed by atoms with Crippen molar-refractivity contribution in [3.8, 4) is 11.1 Å². The molecule has 198 valence electrons. The van der Waals surface area contributed by atoms with Gasteiger partial charge in [0.15, 0.2) is 5.78 Å². The molecule has 0 atom stereocenters. The lowest BCUT2D eigenvalue weighted by molar-refractivity contribution is 0.104. The molecule has 0 aliphatic heterocycles. The van der Waals surface area contributed by atoms with Gasteiger partial charge in [0.2, 0.25) is 0 Å². The molecular formula is C38H35NO. The van der Waals surface area contributed by atoms with E-state index in [0.29, 0.717) is 5.71 Å². The standard InChI is InChI=1S/C38H35NO/c1-4-21-38(22-5-2)34-23-27(36(39)29-14-8-6-11-25(29)3)17-19-31(34)32-20-18-28(24-35(32)38)37(40)33-16-10-13-26-12-7-9-15-30(26)33/h6-20,23-24,39H,4-5,21-22H2,1-3H3. The molecular weight excluding hydrogens is 486 g/mol. The van der Waals surface area contributed by atoms with Gasteiger partial charge < -0.3 is 0 Å². The second-order valence-electron chi connectivity index (χ2n) is 11.1. The van der Waals surface area contributed by atoms with Crippen LogP contribution in [0.15, 0.2) is 103 Å². The molecule has 0 amide bonds. The zero-order valence-electron chi connectivity index (χ0n) is 23.6. The van der Waals surface area contributed by atoms with Gasteiger partial charge in [-0.3, -0.25) is 10.2 Å². The Labute approximate surface area is 237 Å². The summed E-state index contributed by atoms with van der Waals surface area (Å²) in [5.74, 6) is 0.0690.